The van der Waals surface area contributed by atoms with E-state index in [1.54, 1.807) is 0 Å². The number of hydrogen-bond donors (Lipinski definition) is 1. The van der Waals surface area contributed by atoms with Gasteiger partial charge in [0, 0.05) is 60.3 Å². The smallest absolute Gasteiger partial charge is 0.382 e. The van der Waals surface area contributed by atoms with E-state index in [2.05, 4.69) is 47.2 Å². The van der Waals surface area contributed by atoms with Crippen LogP contribution in [0.1, 0.15) is 49.8 Å². The maximum Gasteiger partial charge on any atom is 0.416 e. The average Bonchev–Trinajstić information content (AvgIpc) is 2.77. The van der Waals surface area contributed by atoms with Gasteiger partial charge in [-0.05, 0) is 68.1 Å². The lowest BCUT2D eigenvalue weighted by atomic mass is 9.98. The van der Waals surface area contributed by atoms with E-state index in [1.807, 2.05) is 7.05 Å². The number of piperidine rings is 1. The van der Waals surface area contributed by atoms with Crippen molar-refractivity contribution in [3.05, 3.63) is 47.0 Å². The van der Waals surface area contributed by atoms with Crippen LogP contribution in [-0.2, 0) is 12.6 Å². The molecular weight excluding hydrogens is 431 g/mol. The van der Waals surface area contributed by atoms with E-state index in [0.717, 1.165) is 66.5 Å². The van der Waals surface area contributed by atoms with Crippen LogP contribution in [0, 0.1) is 0 Å². The summed E-state index contributed by atoms with van der Waals surface area (Å²) in [5.41, 5.74) is 3.34. The van der Waals surface area contributed by atoms with Crippen molar-refractivity contribution in [2.75, 3.05) is 43.4 Å². The standard InChI is InChI=1S/C25H32F3N3S/c1-4-10-31-11-8-19(9-12-31)29-22-14-18(25(26,27)28)15-24-21(22)13-17-6-7-20(30(3)5-2)16-23(17)32-24/h6-7,14-16,19,29H,4-5,8-13H2,1-3H3. The summed E-state index contributed by atoms with van der Waals surface area (Å²) in [6, 6.07) is 9.19. The number of nitrogens with one attached hydrogen (secondary N) is 1. The van der Waals surface area contributed by atoms with E-state index in [1.165, 1.54) is 29.5 Å². The Hall–Kier alpha value is -1.86. The van der Waals surface area contributed by atoms with Gasteiger partial charge in [0.2, 0.25) is 0 Å². The highest BCUT2D eigenvalue weighted by molar-refractivity contribution is 7.99. The SMILES string of the molecule is CCCN1CCC(Nc2cc(C(F)(F)F)cc3c2Cc2ccc(N(C)CC)cc2S3)CC1. The molecule has 0 atom stereocenters. The molecule has 2 aromatic carbocycles. The lowest BCUT2D eigenvalue weighted by Gasteiger charge is -2.34. The Morgan fingerprint density at radius 3 is 2.50 bits per heavy atom. The van der Waals surface area contributed by atoms with Crippen molar-refractivity contribution >= 4 is 23.1 Å². The summed E-state index contributed by atoms with van der Waals surface area (Å²) in [5, 5.41) is 3.51. The molecule has 32 heavy (non-hydrogen) atoms. The molecule has 0 saturated carbocycles. The van der Waals surface area contributed by atoms with Gasteiger partial charge < -0.3 is 15.1 Å². The fourth-order valence-electron chi connectivity index (χ4n) is 4.56. The zero-order chi connectivity index (χ0) is 22.9. The van der Waals surface area contributed by atoms with E-state index in [9.17, 15) is 13.2 Å². The van der Waals surface area contributed by atoms with Crippen molar-refractivity contribution in [3.8, 4) is 0 Å². The summed E-state index contributed by atoms with van der Waals surface area (Å²) in [4.78, 5) is 6.35. The third-order valence-corrected chi connectivity index (χ3v) is 7.76. The molecule has 174 valence electrons. The number of rotatable bonds is 6. The largest absolute Gasteiger partial charge is 0.416 e. The van der Waals surface area contributed by atoms with Gasteiger partial charge in [0.25, 0.3) is 0 Å². The zero-order valence-corrected chi connectivity index (χ0v) is 19.9. The van der Waals surface area contributed by atoms with Crippen LogP contribution in [0.2, 0.25) is 0 Å². The van der Waals surface area contributed by atoms with Crippen LogP contribution in [0.4, 0.5) is 24.5 Å². The van der Waals surface area contributed by atoms with E-state index in [4.69, 9.17) is 0 Å². The number of nitrogens with zero attached hydrogens (tertiary/aromatic N) is 2. The quantitative estimate of drug-likeness (QED) is 0.449. The summed E-state index contributed by atoms with van der Waals surface area (Å²) in [7, 11) is 2.03. The van der Waals surface area contributed by atoms with Crippen LogP contribution in [0.3, 0.4) is 0 Å². The van der Waals surface area contributed by atoms with Gasteiger partial charge in [0.15, 0.2) is 0 Å². The number of anilines is 2. The molecule has 0 unspecified atom stereocenters. The minimum Gasteiger partial charge on any atom is -0.382 e. The molecule has 0 amide bonds. The van der Waals surface area contributed by atoms with Gasteiger partial charge in [-0.2, -0.15) is 13.2 Å². The molecular formula is C25H32F3N3S. The Balaban J connectivity index is 1.62. The molecule has 0 radical (unpaired) electrons. The fourth-order valence-corrected chi connectivity index (χ4v) is 5.74. The first-order chi connectivity index (χ1) is 15.3. The molecule has 7 heteroatoms. The molecule has 2 heterocycles. The number of fused-ring (bicyclic) bond motifs is 2. The first-order valence-corrected chi connectivity index (χ1v) is 12.3. The Morgan fingerprint density at radius 1 is 1.09 bits per heavy atom. The molecule has 0 bridgehead atoms. The van der Waals surface area contributed by atoms with Crippen molar-refractivity contribution in [3.63, 3.8) is 0 Å². The monoisotopic (exact) mass is 463 g/mol. The van der Waals surface area contributed by atoms with Gasteiger partial charge in [0.05, 0.1) is 5.56 Å². The van der Waals surface area contributed by atoms with Crippen LogP contribution < -0.4 is 10.2 Å². The highest BCUT2D eigenvalue weighted by atomic mass is 32.2. The van der Waals surface area contributed by atoms with Crippen molar-refractivity contribution in [1.82, 2.24) is 4.90 Å². The molecule has 2 aliphatic heterocycles. The van der Waals surface area contributed by atoms with Crippen molar-refractivity contribution < 1.29 is 13.2 Å². The molecule has 4 rings (SSSR count). The number of benzene rings is 2. The van der Waals surface area contributed by atoms with E-state index >= 15 is 0 Å². The van der Waals surface area contributed by atoms with Gasteiger partial charge in [0.1, 0.15) is 0 Å². The average molecular weight is 464 g/mol. The number of halogens is 3. The van der Waals surface area contributed by atoms with E-state index < -0.39 is 11.7 Å². The van der Waals surface area contributed by atoms with Gasteiger partial charge >= 0.3 is 6.18 Å². The second-order valence-electron chi connectivity index (χ2n) is 8.84. The van der Waals surface area contributed by atoms with Gasteiger partial charge in [-0.15, -0.1) is 0 Å². The minimum atomic E-state index is -4.36. The Labute approximate surface area is 193 Å². The normalized spacial score (nSPS) is 17.1. The van der Waals surface area contributed by atoms with Crippen LogP contribution in [-0.4, -0.2) is 44.2 Å². The van der Waals surface area contributed by atoms with Gasteiger partial charge in [-0.1, -0.05) is 24.8 Å². The van der Waals surface area contributed by atoms with Crippen LogP contribution in [0.15, 0.2) is 40.1 Å². The molecule has 0 aliphatic carbocycles. The minimum absolute atomic E-state index is 0.211. The van der Waals surface area contributed by atoms with Crippen LogP contribution in [0.5, 0.6) is 0 Å². The second kappa shape index (κ2) is 9.56. The van der Waals surface area contributed by atoms with Crippen LogP contribution in [0.25, 0.3) is 0 Å². The second-order valence-corrected chi connectivity index (χ2v) is 9.93. The molecule has 1 fully saturated rings. The maximum atomic E-state index is 13.7. The van der Waals surface area contributed by atoms with E-state index in [0.29, 0.717) is 12.1 Å². The molecule has 0 spiro atoms. The molecule has 2 aliphatic rings. The first kappa shape index (κ1) is 23.3. The molecule has 1 N–H and O–H groups in total. The Bertz CT molecular complexity index is 952. The summed E-state index contributed by atoms with van der Waals surface area (Å²) in [6.07, 6.45) is -0.654. The van der Waals surface area contributed by atoms with Crippen molar-refractivity contribution in [2.24, 2.45) is 0 Å². The Kier molecular flexibility index (Phi) is 6.96. The van der Waals surface area contributed by atoms with Crippen molar-refractivity contribution in [2.45, 2.75) is 61.5 Å². The first-order valence-electron chi connectivity index (χ1n) is 11.5. The maximum absolute atomic E-state index is 13.7. The molecule has 3 nitrogen and oxygen atoms in total. The lowest BCUT2D eigenvalue weighted by Crippen LogP contribution is -2.39. The summed E-state index contributed by atoms with van der Waals surface area (Å²) in [6.45, 7) is 8.23. The Morgan fingerprint density at radius 2 is 1.84 bits per heavy atom. The molecule has 0 aromatic heterocycles. The fraction of sp³-hybridized carbons (Fsp3) is 0.520. The summed E-state index contributed by atoms with van der Waals surface area (Å²) < 4.78 is 41.1. The highest BCUT2D eigenvalue weighted by Crippen LogP contribution is 2.46. The predicted octanol–water partition coefficient (Wildman–Crippen LogP) is 6.50. The third kappa shape index (κ3) is 5.04. The van der Waals surface area contributed by atoms with E-state index in [-0.39, 0.29) is 6.04 Å². The number of alkyl halides is 3. The lowest BCUT2D eigenvalue weighted by molar-refractivity contribution is -0.137. The molecule has 2 aromatic rings. The third-order valence-electron chi connectivity index (χ3n) is 6.58. The van der Waals surface area contributed by atoms with Crippen LogP contribution >= 0.6 is 11.8 Å². The summed E-state index contributed by atoms with van der Waals surface area (Å²) >= 11 is 1.46. The van der Waals surface area contributed by atoms with Crippen molar-refractivity contribution in [1.29, 1.82) is 0 Å². The molecule has 1 saturated heterocycles. The predicted molar refractivity (Wildman–Crippen MR) is 127 cm³/mol. The number of hydrogen-bond acceptors (Lipinski definition) is 4. The topological polar surface area (TPSA) is 18.5 Å². The highest BCUT2D eigenvalue weighted by Gasteiger charge is 2.34. The number of likely N-dealkylation sites (tertiary alicyclic amines) is 1. The summed E-state index contributed by atoms with van der Waals surface area (Å²) in [5.74, 6) is 0. The zero-order valence-electron chi connectivity index (χ0n) is 19.1. The van der Waals surface area contributed by atoms with Gasteiger partial charge in [-0.3, -0.25) is 0 Å². The van der Waals surface area contributed by atoms with Gasteiger partial charge in [-0.25, -0.2) is 0 Å².